The molecule has 2 aromatic rings. The zero-order valence-electron chi connectivity index (χ0n) is 17.5. The van der Waals surface area contributed by atoms with Crippen LogP contribution >= 0.6 is 0 Å². The number of unbranched alkanes of at least 4 members (excludes halogenated alkanes) is 1. The third-order valence-electron chi connectivity index (χ3n) is 4.64. The highest BCUT2D eigenvalue weighted by molar-refractivity contribution is 5.69. The molecule has 0 N–H and O–H groups in total. The van der Waals surface area contributed by atoms with Crippen molar-refractivity contribution < 1.29 is 14.3 Å². The van der Waals surface area contributed by atoms with Gasteiger partial charge in [-0.05, 0) is 56.0 Å². The number of ether oxygens (including phenoxy) is 2. The molecule has 0 amide bonds. The van der Waals surface area contributed by atoms with Crippen LogP contribution in [0.5, 0.6) is 5.75 Å². The molecule has 156 valence electrons. The second-order valence-corrected chi connectivity index (χ2v) is 7.01. The van der Waals surface area contributed by atoms with Crippen molar-refractivity contribution in [3.05, 3.63) is 78.4 Å². The minimum atomic E-state index is -0.138. The summed E-state index contributed by atoms with van der Waals surface area (Å²) in [7, 11) is 0. The van der Waals surface area contributed by atoms with Crippen LogP contribution in [0, 0.1) is 0 Å². The summed E-state index contributed by atoms with van der Waals surface area (Å²) in [6.07, 6.45) is 5.22. The van der Waals surface area contributed by atoms with Gasteiger partial charge in [-0.25, -0.2) is 0 Å². The summed E-state index contributed by atoms with van der Waals surface area (Å²) in [5, 5.41) is 0. The second-order valence-electron chi connectivity index (χ2n) is 7.01. The normalized spacial score (nSPS) is 10.7. The fourth-order valence-electron chi connectivity index (χ4n) is 3.12. The number of hydrogen-bond acceptors (Lipinski definition) is 4. The largest absolute Gasteiger partial charge is 0.494 e. The molecule has 0 atom stereocenters. The van der Waals surface area contributed by atoms with Gasteiger partial charge in [-0.1, -0.05) is 48.5 Å². The van der Waals surface area contributed by atoms with E-state index in [-0.39, 0.29) is 5.97 Å². The lowest BCUT2D eigenvalue weighted by molar-refractivity contribution is -0.143. The van der Waals surface area contributed by atoms with Gasteiger partial charge in [0.1, 0.15) is 5.75 Å². The average Bonchev–Trinajstić information content (AvgIpc) is 2.74. The lowest BCUT2D eigenvalue weighted by atomic mass is 10.1. The number of carbonyl (C=O) groups is 1. The molecule has 0 heterocycles. The van der Waals surface area contributed by atoms with Crippen molar-refractivity contribution in [3.8, 4) is 5.75 Å². The number of nitrogens with zero attached hydrogens (tertiary/aromatic N) is 1. The molecule has 0 aliphatic heterocycles. The first-order chi connectivity index (χ1) is 14.2. The van der Waals surface area contributed by atoms with E-state index in [2.05, 4.69) is 47.9 Å². The predicted molar refractivity (Wildman–Crippen MR) is 118 cm³/mol. The molecule has 0 fully saturated rings. The van der Waals surface area contributed by atoms with Gasteiger partial charge in [-0.3, -0.25) is 9.69 Å². The van der Waals surface area contributed by atoms with Gasteiger partial charge in [0.05, 0.1) is 19.6 Å². The number of benzene rings is 2. The van der Waals surface area contributed by atoms with Crippen molar-refractivity contribution in [3.63, 3.8) is 0 Å². The van der Waals surface area contributed by atoms with Crippen molar-refractivity contribution in [1.82, 2.24) is 4.90 Å². The van der Waals surface area contributed by atoms with Gasteiger partial charge in [0.15, 0.2) is 0 Å². The first kappa shape index (κ1) is 22.7. The average molecular weight is 396 g/mol. The van der Waals surface area contributed by atoms with Crippen LogP contribution in [0.15, 0.2) is 67.3 Å². The monoisotopic (exact) mass is 395 g/mol. The molecule has 29 heavy (non-hydrogen) atoms. The third-order valence-corrected chi connectivity index (χ3v) is 4.64. The summed E-state index contributed by atoms with van der Waals surface area (Å²) in [5.41, 5.74) is 2.60. The summed E-state index contributed by atoms with van der Waals surface area (Å²) in [6, 6.07) is 18.8. The predicted octanol–water partition coefficient (Wildman–Crippen LogP) is 4.88. The number of hydrogen-bond donors (Lipinski definition) is 0. The highest BCUT2D eigenvalue weighted by Crippen LogP contribution is 2.15. The number of esters is 1. The standard InChI is InChI=1S/C25H33NO3/c1-3-17-26(19-16-25(27)28-4-2)18-8-9-20-29-24-14-12-23(13-15-24)21-22-10-6-5-7-11-22/h3,5-7,10-15H,1,4,8-9,16-21H2,2H3. The van der Waals surface area contributed by atoms with Gasteiger partial charge in [-0.15, -0.1) is 6.58 Å². The Morgan fingerprint density at radius 3 is 2.41 bits per heavy atom. The fourth-order valence-corrected chi connectivity index (χ4v) is 3.12. The molecule has 0 bridgehead atoms. The topological polar surface area (TPSA) is 38.8 Å². The molecule has 0 aromatic heterocycles. The zero-order chi connectivity index (χ0) is 20.7. The maximum Gasteiger partial charge on any atom is 0.307 e. The van der Waals surface area contributed by atoms with Crippen LogP contribution in [0.4, 0.5) is 0 Å². The Bertz CT molecular complexity index is 713. The summed E-state index contributed by atoms with van der Waals surface area (Å²) in [6.45, 7) is 9.16. The number of rotatable bonds is 14. The zero-order valence-corrected chi connectivity index (χ0v) is 17.5. The number of carbonyl (C=O) groups excluding carboxylic acids is 1. The first-order valence-electron chi connectivity index (χ1n) is 10.5. The molecule has 0 unspecified atom stereocenters. The molecule has 0 saturated heterocycles. The van der Waals surface area contributed by atoms with Crippen molar-refractivity contribution in [2.24, 2.45) is 0 Å². The molecule has 4 nitrogen and oxygen atoms in total. The molecule has 0 spiro atoms. The van der Waals surface area contributed by atoms with Gasteiger partial charge in [0.2, 0.25) is 0 Å². The summed E-state index contributed by atoms with van der Waals surface area (Å²) in [5.74, 6) is 0.771. The molecule has 0 saturated carbocycles. The maximum absolute atomic E-state index is 11.5. The van der Waals surface area contributed by atoms with Crippen LogP contribution in [0.3, 0.4) is 0 Å². The Balaban J connectivity index is 1.64. The first-order valence-corrected chi connectivity index (χ1v) is 10.5. The minimum Gasteiger partial charge on any atom is -0.494 e. The third kappa shape index (κ3) is 9.44. The van der Waals surface area contributed by atoms with E-state index in [4.69, 9.17) is 9.47 Å². The Morgan fingerprint density at radius 1 is 1.00 bits per heavy atom. The molecule has 0 aliphatic carbocycles. The SMILES string of the molecule is C=CCN(CCCCOc1ccc(Cc2ccccc2)cc1)CCC(=O)OCC. The van der Waals surface area contributed by atoms with Gasteiger partial charge >= 0.3 is 5.97 Å². The van der Waals surface area contributed by atoms with Crippen molar-refractivity contribution in [1.29, 1.82) is 0 Å². The molecular formula is C25H33NO3. The van der Waals surface area contributed by atoms with E-state index in [9.17, 15) is 4.79 Å². The smallest absolute Gasteiger partial charge is 0.307 e. The van der Waals surface area contributed by atoms with Crippen LogP contribution in [0.2, 0.25) is 0 Å². The maximum atomic E-state index is 11.5. The molecule has 2 rings (SSSR count). The van der Waals surface area contributed by atoms with Crippen molar-refractivity contribution in [2.45, 2.75) is 32.6 Å². The van der Waals surface area contributed by atoms with E-state index in [1.165, 1.54) is 11.1 Å². The van der Waals surface area contributed by atoms with Crippen LogP contribution in [-0.4, -0.2) is 43.7 Å². The highest BCUT2D eigenvalue weighted by atomic mass is 16.5. The van der Waals surface area contributed by atoms with E-state index in [1.54, 1.807) is 0 Å². The van der Waals surface area contributed by atoms with Gasteiger partial charge in [0, 0.05) is 13.1 Å². The van der Waals surface area contributed by atoms with Crippen molar-refractivity contribution in [2.75, 3.05) is 32.8 Å². The lowest BCUT2D eigenvalue weighted by Gasteiger charge is -2.20. The molecule has 4 heteroatoms. The Hall–Kier alpha value is -2.59. The minimum absolute atomic E-state index is 0.138. The van der Waals surface area contributed by atoms with Gasteiger partial charge < -0.3 is 9.47 Å². The summed E-state index contributed by atoms with van der Waals surface area (Å²) < 4.78 is 10.9. The Morgan fingerprint density at radius 2 is 1.72 bits per heavy atom. The Kier molecular flexibility index (Phi) is 10.6. The van der Waals surface area contributed by atoms with E-state index >= 15 is 0 Å². The molecule has 2 aromatic carbocycles. The molecule has 0 aliphatic rings. The van der Waals surface area contributed by atoms with Crippen LogP contribution < -0.4 is 4.74 Å². The molecule has 0 radical (unpaired) electrons. The summed E-state index contributed by atoms with van der Waals surface area (Å²) in [4.78, 5) is 13.7. The van der Waals surface area contributed by atoms with Gasteiger partial charge in [0.25, 0.3) is 0 Å². The Labute approximate surface area is 175 Å². The van der Waals surface area contributed by atoms with E-state index in [0.717, 1.165) is 38.1 Å². The van der Waals surface area contributed by atoms with Crippen LogP contribution in [0.1, 0.15) is 37.3 Å². The summed E-state index contributed by atoms with van der Waals surface area (Å²) >= 11 is 0. The lowest BCUT2D eigenvalue weighted by Crippen LogP contribution is -2.28. The second kappa shape index (κ2) is 13.6. The highest BCUT2D eigenvalue weighted by Gasteiger charge is 2.07. The quantitative estimate of drug-likeness (QED) is 0.260. The van der Waals surface area contributed by atoms with Crippen LogP contribution in [0.25, 0.3) is 0 Å². The molecular weight excluding hydrogens is 362 g/mol. The fraction of sp³-hybridized carbons (Fsp3) is 0.400. The van der Waals surface area contributed by atoms with Crippen molar-refractivity contribution >= 4 is 5.97 Å². The van der Waals surface area contributed by atoms with E-state index in [1.807, 2.05) is 31.2 Å². The van der Waals surface area contributed by atoms with Gasteiger partial charge in [-0.2, -0.15) is 0 Å². The van der Waals surface area contributed by atoms with E-state index in [0.29, 0.717) is 26.2 Å². The van der Waals surface area contributed by atoms with E-state index < -0.39 is 0 Å². The van der Waals surface area contributed by atoms with Crippen LogP contribution in [-0.2, 0) is 16.0 Å².